The summed E-state index contributed by atoms with van der Waals surface area (Å²) in [6, 6.07) is 0. The van der Waals surface area contributed by atoms with Crippen molar-refractivity contribution in [1.82, 2.24) is 20.6 Å². The summed E-state index contributed by atoms with van der Waals surface area (Å²) in [5.41, 5.74) is 0. The Morgan fingerprint density at radius 1 is 1.14 bits per heavy atom. The number of nitrogens with one attached hydrogen (secondary N) is 2. The average molecular weight is 323 g/mol. The Hall–Kier alpha value is -1.47. The van der Waals surface area contributed by atoms with E-state index in [0.717, 1.165) is 28.9 Å². The van der Waals surface area contributed by atoms with Crippen LogP contribution in [-0.4, -0.2) is 22.5 Å². The molecule has 0 aromatic carbocycles. The number of hydrogen-bond donors (Lipinski definition) is 2. The highest BCUT2D eigenvalue weighted by Crippen LogP contribution is 2.13. The molecule has 2 rings (SSSR count). The van der Waals surface area contributed by atoms with E-state index in [-0.39, 0.29) is 0 Å². The summed E-state index contributed by atoms with van der Waals surface area (Å²) in [5, 5.41) is 8.68. The molecule has 0 saturated heterocycles. The summed E-state index contributed by atoms with van der Waals surface area (Å²) in [7, 11) is 0. The normalized spacial score (nSPS) is 11.7. The fourth-order valence-corrected chi connectivity index (χ4v) is 3.23. The van der Waals surface area contributed by atoms with Crippen LogP contribution in [0, 0.1) is 6.92 Å². The summed E-state index contributed by atoms with van der Waals surface area (Å²) < 4.78 is 0. The number of nitrogens with zero attached hydrogens (tertiary/aromatic N) is 3. The van der Waals surface area contributed by atoms with Crippen molar-refractivity contribution in [2.24, 2.45) is 4.99 Å². The number of thiazole rings is 2. The van der Waals surface area contributed by atoms with Gasteiger partial charge in [-0.1, -0.05) is 6.92 Å². The highest BCUT2D eigenvalue weighted by atomic mass is 32.1. The summed E-state index contributed by atoms with van der Waals surface area (Å²) in [4.78, 5) is 15.8. The van der Waals surface area contributed by atoms with E-state index in [1.807, 2.05) is 12.4 Å². The zero-order valence-corrected chi connectivity index (χ0v) is 14.3. The van der Waals surface area contributed by atoms with Crippen molar-refractivity contribution in [3.63, 3.8) is 0 Å². The maximum atomic E-state index is 4.56. The SMILES string of the molecule is CCNC(=NCc1ncc(C)s1)NCc1ncc(CC)s1. The fraction of sp³-hybridized carbons (Fsp3) is 0.500. The van der Waals surface area contributed by atoms with Crippen molar-refractivity contribution < 1.29 is 0 Å². The quantitative estimate of drug-likeness (QED) is 0.634. The molecule has 0 radical (unpaired) electrons. The van der Waals surface area contributed by atoms with Crippen molar-refractivity contribution in [2.75, 3.05) is 6.54 Å². The predicted molar refractivity (Wildman–Crippen MR) is 90.0 cm³/mol. The van der Waals surface area contributed by atoms with E-state index in [2.05, 4.69) is 46.4 Å². The molecular weight excluding hydrogens is 302 g/mol. The molecule has 0 spiro atoms. The van der Waals surface area contributed by atoms with E-state index >= 15 is 0 Å². The van der Waals surface area contributed by atoms with E-state index in [4.69, 9.17) is 0 Å². The molecule has 0 unspecified atom stereocenters. The second-order valence-electron chi connectivity index (χ2n) is 4.49. The maximum absolute atomic E-state index is 4.56. The zero-order chi connectivity index (χ0) is 15.1. The second-order valence-corrected chi connectivity index (χ2v) is 7.01. The number of aromatic nitrogens is 2. The van der Waals surface area contributed by atoms with E-state index in [0.29, 0.717) is 13.1 Å². The lowest BCUT2D eigenvalue weighted by Crippen LogP contribution is -2.36. The van der Waals surface area contributed by atoms with Gasteiger partial charge in [0.15, 0.2) is 5.96 Å². The van der Waals surface area contributed by atoms with Gasteiger partial charge in [-0.15, -0.1) is 22.7 Å². The highest BCUT2D eigenvalue weighted by Gasteiger charge is 2.03. The minimum absolute atomic E-state index is 0.603. The standard InChI is InChI=1S/C14H21N5S2/c1-4-11-7-17-13(21-11)9-19-14(15-5-2)18-8-12-16-6-10(3)20-12/h6-7H,4-5,8-9H2,1-3H3,(H2,15,18,19). The van der Waals surface area contributed by atoms with Gasteiger partial charge in [-0.3, -0.25) is 0 Å². The Bertz CT molecular complexity index is 588. The molecule has 0 aliphatic rings. The largest absolute Gasteiger partial charge is 0.357 e. The fourth-order valence-electron chi connectivity index (χ4n) is 1.72. The molecular formula is C14H21N5S2. The minimum atomic E-state index is 0.603. The van der Waals surface area contributed by atoms with Gasteiger partial charge in [-0.05, 0) is 20.3 Å². The molecule has 2 aromatic rings. The summed E-state index contributed by atoms with van der Waals surface area (Å²) >= 11 is 3.43. The molecule has 0 saturated carbocycles. The van der Waals surface area contributed by atoms with Crippen molar-refractivity contribution in [2.45, 2.75) is 40.3 Å². The van der Waals surface area contributed by atoms with Crippen molar-refractivity contribution >= 4 is 28.6 Å². The molecule has 2 N–H and O–H groups in total. The first-order valence-corrected chi connectivity index (χ1v) is 8.71. The Morgan fingerprint density at radius 3 is 2.57 bits per heavy atom. The first-order valence-electron chi connectivity index (χ1n) is 7.08. The smallest absolute Gasteiger partial charge is 0.192 e. The summed E-state index contributed by atoms with van der Waals surface area (Å²) in [5.74, 6) is 0.804. The van der Waals surface area contributed by atoms with Crippen LogP contribution < -0.4 is 10.6 Å². The highest BCUT2D eigenvalue weighted by molar-refractivity contribution is 7.11. The van der Waals surface area contributed by atoms with Crippen LogP contribution in [0.2, 0.25) is 0 Å². The van der Waals surface area contributed by atoms with Crippen LogP contribution >= 0.6 is 22.7 Å². The Kier molecular flexibility index (Phi) is 6.13. The third-order valence-corrected chi connectivity index (χ3v) is 4.78. The minimum Gasteiger partial charge on any atom is -0.357 e. The van der Waals surface area contributed by atoms with Gasteiger partial charge in [0, 0.05) is 28.7 Å². The van der Waals surface area contributed by atoms with Crippen molar-refractivity contribution in [3.05, 3.63) is 32.2 Å². The van der Waals surface area contributed by atoms with E-state index in [9.17, 15) is 0 Å². The van der Waals surface area contributed by atoms with E-state index < -0.39 is 0 Å². The number of hydrogen-bond acceptors (Lipinski definition) is 5. The molecule has 0 aliphatic carbocycles. The van der Waals surface area contributed by atoms with Crippen molar-refractivity contribution in [1.29, 1.82) is 0 Å². The van der Waals surface area contributed by atoms with Gasteiger partial charge in [0.2, 0.25) is 0 Å². The molecule has 0 bridgehead atoms. The molecule has 7 heteroatoms. The summed E-state index contributed by atoms with van der Waals surface area (Å²) in [6.07, 6.45) is 4.87. The summed E-state index contributed by atoms with van der Waals surface area (Å²) in [6.45, 7) is 8.40. The van der Waals surface area contributed by atoms with Crippen LogP contribution in [0.25, 0.3) is 0 Å². The maximum Gasteiger partial charge on any atom is 0.192 e. The number of aryl methyl sites for hydroxylation is 2. The van der Waals surface area contributed by atoms with E-state index in [1.54, 1.807) is 22.7 Å². The topological polar surface area (TPSA) is 62.2 Å². The van der Waals surface area contributed by atoms with Gasteiger partial charge in [0.25, 0.3) is 0 Å². The van der Waals surface area contributed by atoms with Gasteiger partial charge in [-0.2, -0.15) is 0 Å². The Labute approximate surface area is 133 Å². The van der Waals surface area contributed by atoms with Crippen LogP contribution in [0.3, 0.4) is 0 Å². The lowest BCUT2D eigenvalue weighted by Gasteiger charge is -2.09. The van der Waals surface area contributed by atoms with Crippen LogP contribution in [0.15, 0.2) is 17.4 Å². The van der Waals surface area contributed by atoms with Crippen molar-refractivity contribution in [3.8, 4) is 0 Å². The van der Waals surface area contributed by atoms with Gasteiger partial charge in [0.05, 0.1) is 13.1 Å². The van der Waals surface area contributed by atoms with Gasteiger partial charge in [0.1, 0.15) is 10.0 Å². The monoisotopic (exact) mass is 323 g/mol. The lowest BCUT2D eigenvalue weighted by molar-refractivity contribution is 0.810. The molecule has 0 atom stereocenters. The Balaban J connectivity index is 1.91. The molecule has 0 aliphatic heterocycles. The van der Waals surface area contributed by atoms with Crippen LogP contribution in [0.4, 0.5) is 0 Å². The van der Waals surface area contributed by atoms with Gasteiger partial charge in [-0.25, -0.2) is 15.0 Å². The number of guanidine groups is 1. The molecule has 0 amide bonds. The number of rotatable bonds is 6. The lowest BCUT2D eigenvalue weighted by atomic mass is 10.4. The van der Waals surface area contributed by atoms with Gasteiger partial charge < -0.3 is 10.6 Å². The molecule has 5 nitrogen and oxygen atoms in total. The predicted octanol–water partition coefficient (Wildman–Crippen LogP) is 2.73. The first-order chi connectivity index (χ1) is 10.2. The zero-order valence-electron chi connectivity index (χ0n) is 12.6. The third kappa shape index (κ3) is 5.09. The van der Waals surface area contributed by atoms with Gasteiger partial charge >= 0.3 is 0 Å². The molecule has 2 heterocycles. The molecule has 0 fully saturated rings. The molecule has 2 aromatic heterocycles. The third-order valence-electron chi connectivity index (χ3n) is 2.74. The second kappa shape index (κ2) is 8.09. The first kappa shape index (κ1) is 15.9. The van der Waals surface area contributed by atoms with Crippen LogP contribution in [-0.2, 0) is 19.5 Å². The van der Waals surface area contributed by atoms with Crippen LogP contribution in [0.5, 0.6) is 0 Å². The Morgan fingerprint density at radius 2 is 1.95 bits per heavy atom. The molecule has 114 valence electrons. The van der Waals surface area contributed by atoms with E-state index in [1.165, 1.54) is 9.75 Å². The average Bonchev–Trinajstić information content (AvgIpc) is 3.10. The number of aliphatic imine (C=N–C) groups is 1. The molecule has 21 heavy (non-hydrogen) atoms. The van der Waals surface area contributed by atoms with Crippen LogP contribution in [0.1, 0.15) is 33.6 Å².